The van der Waals surface area contributed by atoms with Crippen molar-refractivity contribution in [3.05, 3.63) is 40.5 Å². The fourth-order valence-electron chi connectivity index (χ4n) is 3.03. The SMILES string of the molecule is COc1ccc(CCNc2ncnc3sc(C(=O)OC(C)C)c(C)c23)cc1OC. The number of fused-ring (bicyclic) bond motifs is 1. The Hall–Kier alpha value is -2.87. The second-order valence-corrected chi connectivity index (χ2v) is 7.78. The van der Waals surface area contributed by atoms with Gasteiger partial charge in [-0.25, -0.2) is 14.8 Å². The van der Waals surface area contributed by atoms with Gasteiger partial charge in [0, 0.05) is 6.54 Å². The second-order valence-electron chi connectivity index (χ2n) is 6.78. The first-order chi connectivity index (χ1) is 13.9. The molecule has 0 bridgehead atoms. The third-order valence-corrected chi connectivity index (χ3v) is 5.59. The zero-order valence-corrected chi connectivity index (χ0v) is 18.1. The highest BCUT2D eigenvalue weighted by molar-refractivity contribution is 7.20. The summed E-state index contributed by atoms with van der Waals surface area (Å²) in [6.07, 6.45) is 2.11. The number of thiophene rings is 1. The molecule has 0 spiro atoms. The Morgan fingerprint density at radius 1 is 1.17 bits per heavy atom. The van der Waals surface area contributed by atoms with Gasteiger partial charge in [0.25, 0.3) is 0 Å². The number of esters is 1. The van der Waals surface area contributed by atoms with Crippen molar-refractivity contribution >= 4 is 33.3 Å². The number of benzene rings is 1. The zero-order valence-electron chi connectivity index (χ0n) is 17.2. The van der Waals surface area contributed by atoms with Crippen molar-refractivity contribution in [1.82, 2.24) is 9.97 Å². The molecule has 0 unspecified atom stereocenters. The van der Waals surface area contributed by atoms with Crippen LogP contribution in [0.3, 0.4) is 0 Å². The number of rotatable bonds is 8. The van der Waals surface area contributed by atoms with E-state index in [1.807, 2.05) is 39.0 Å². The molecule has 0 saturated carbocycles. The number of aromatic nitrogens is 2. The number of anilines is 1. The minimum atomic E-state index is -0.322. The van der Waals surface area contributed by atoms with Crippen molar-refractivity contribution in [3.63, 3.8) is 0 Å². The van der Waals surface area contributed by atoms with Crippen LogP contribution < -0.4 is 14.8 Å². The highest BCUT2D eigenvalue weighted by Gasteiger charge is 2.21. The summed E-state index contributed by atoms with van der Waals surface area (Å²) < 4.78 is 16.0. The van der Waals surface area contributed by atoms with Crippen molar-refractivity contribution in [2.45, 2.75) is 33.3 Å². The number of methoxy groups -OCH3 is 2. The summed E-state index contributed by atoms with van der Waals surface area (Å²) in [4.78, 5) is 22.4. The zero-order chi connectivity index (χ0) is 21.0. The van der Waals surface area contributed by atoms with Crippen molar-refractivity contribution in [3.8, 4) is 11.5 Å². The molecule has 0 saturated heterocycles. The quantitative estimate of drug-likeness (QED) is 0.551. The standard InChI is InChI=1S/C21H25N3O4S/c1-12(2)28-21(25)18-13(3)17-19(23-11-24-20(17)29-18)22-9-8-14-6-7-15(26-4)16(10-14)27-5/h6-7,10-12H,8-9H2,1-5H3,(H,22,23,24). The lowest BCUT2D eigenvalue weighted by Gasteiger charge is -2.11. The molecule has 0 aliphatic rings. The molecule has 0 radical (unpaired) electrons. The molecule has 0 fully saturated rings. The van der Waals surface area contributed by atoms with Gasteiger partial charge in [-0.3, -0.25) is 0 Å². The second kappa shape index (κ2) is 9.09. The van der Waals surface area contributed by atoms with Gasteiger partial charge in [-0.15, -0.1) is 11.3 Å². The Kier molecular flexibility index (Phi) is 6.53. The Labute approximate surface area is 174 Å². The number of nitrogens with zero attached hydrogens (tertiary/aromatic N) is 2. The van der Waals surface area contributed by atoms with Crippen molar-refractivity contribution in [1.29, 1.82) is 0 Å². The molecule has 3 aromatic rings. The third-order valence-electron chi connectivity index (χ3n) is 4.41. The lowest BCUT2D eigenvalue weighted by molar-refractivity contribution is 0.0383. The van der Waals surface area contributed by atoms with E-state index in [4.69, 9.17) is 14.2 Å². The van der Waals surface area contributed by atoms with E-state index in [0.717, 1.165) is 27.8 Å². The summed E-state index contributed by atoms with van der Waals surface area (Å²) in [5, 5.41) is 4.23. The van der Waals surface area contributed by atoms with Crippen LogP contribution in [0.1, 0.15) is 34.6 Å². The minimum absolute atomic E-state index is 0.169. The molecule has 0 atom stereocenters. The lowest BCUT2D eigenvalue weighted by atomic mass is 10.1. The molecule has 8 heteroatoms. The largest absolute Gasteiger partial charge is 0.493 e. The first kappa shape index (κ1) is 20.9. The van der Waals surface area contributed by atoms with E-state index in [1.54, 1.807) is 14.2 Å². The number of nitrogens with one attached hydrogen (secondary N) is 1. The number of carbonyl (C=O) groups is 1. The summed E-state index contributed by atoms with van der Waals surface area (Å²) in [6, 6.07) is 5.87. The summed E-state index contributed by atoms with van der Waals surface area (Å²) in [6.45, 7) is 6.24. The molecule has 7 nitrogen and oxygen atoms in total. The van der Waals surface area contributed by atoms with Gasteiger partial charge in [0.1, 0.15) is 21.9 Å². The highest BCUT2D eigenvalue weighted by Crippen LogP contribution is 2.34. The molecule has 29 heavy (non-hydrogen) atoms. The smallest absolute Gasteiger partial charge is 0.348 e. The van der Waals surface area contributed by atoms with Gasteiger partial charge in [0.15, 0.2) is 11.5 Å². The number of ether oxygens (including phenoxy) is 3. The van der Waals surface area contributed by atoms with E-state index >= 15 is 0 Å². The third kappa shape index (κ3) is 4.59. The summed E-state index contributed by atoms with van der Waals surface area (Å²) in [7, 11) is 3.24. The maximum absolute atomic E-state index is 12.4. The monoisotopic (exact) mass is 415 g/mol. The molecule has 0 aliphatic carbocycles. The summed E-state index contributed by atoms with van der Waals surface area (Å²) in [5.41, 5.74) is 1.95. The average Bonchev–Trinajstić information content (AvgIpc) is 3.05. The first-order valence-electron chi connectivity index (χ1n) is 9.34. The minimum Gasteiger partial charge on any atom is -0.493 e. The Balaban J connectivity index is 1.77. The first-order valence-corrected chi connectivity index (χ1v) is 10.2. The van der Waals surface area contributed by atoms with E-state index < -0.39 is 0 Å². The maximum atomic E-state index is 12.4. The molecule has 1 N–H and O–H groups in total. The highest BCUT2D eigenvalue weighted by atomic mass is 32.1. The van der Waals surface area contributed by atoms with E-state index in [-0.39, 0.29) is 12.1 Å². The van der Waals surface area contributed by atoms with Crippen LogP contribution in [0.5, 0.6) is 11.5 Å². The van der Waals surface area contributed by atoms with Crippen molar-refractivity contribution in [2.24, 2.45) is 0 Å². The Bertz CT molecular complexity index is 1020. The topological polar surface area (TPSA) is 82.6 Å². The van der Waals surface area contributed by atoms with Crippen LogP contribution in [0.4, 0.5) is 5.82 Å². The van der Waals surface area contributed by atoms with Gasteiger partial charge >= 0.3 is 5.97 Å². The fraction of sp³-hybridized carbons (Fsp3) is 0.381. The molecule has 154 valence electrons. The van der Waals surface area contributed by atoms with E-state index in [9.17, 15) is 4.79 Å². The van der Waals surface area contributed by atoms with Crippen molar-refractivity contribution < 1.29 is 19.0 Å². The van der Waals surface area contributed by atoms with Crippen LogP contribution in [-0.4, -0.2) is 42.8 Å². The van der Waals surface area contributed by atoms with Gasteiger partial charge < -0.3 is 19.5 Å². The molecule has 1 aromatic carbocycles. The normalized spacial score (nSPS) is 11.0. The van der Waals surface area contributed by atoms with Crippen LogP contribution in [0.2, 0.25) is 0 Å². The van der Waals surface area contributed by atoms with Crippen LogP contribution in [0, 0.1) is 6.92 Å². The van der Waals surface area contributed by atoms with Crippen LogP contribution in [-0.2, 0) is 11.2 Å². The van der Waals surface area contributed by atoms with Gasteiger partial charge in [0.2, 0.25) is 0 Å². The number of aryl methyl sites for hydroxylation is 1. The van der Waals surface area contributed by atoms with Crippen LogP contribution >= 0.6 is 11.3 Å². The van der Waals surface area contributed by atoms with E-state index in [0.29, 0.717) is 28.7 Å². The van der Waals surface area contributed by atoms with Gasteiger partial charge in [-0.1, -0.05) is 6.07 Å². The molecular formula is C21H25N3O4S. The average molecular weight is 416 g/mol. The molecule has 0 amide bonds. The van der Waals surface area contributed by atoms with Crippen LogP contribution in [0.25, 0.3) is 10.2 Å². The fourth-order valence-corrected chi connectivity index (χ4v) is 4.06. The summed E-state index contributed by atoms with van der Waals surface area (Å²) >= 11 is 1.33. The Morgan fingerprint density at radius 2 is 1.93 bits per heavy atom. The van der Waals surface area contributed by atoms with Crippen LogP contribution in [0.15, 0.2) is 24.5 Å². The van der Waals surface area contributed by atoms with Crippen molar-refractivity contribution in [2.75, 3.05) is 26.1 Å². The molecule has 2 aromatic heterocycles. The lowest BCUT2D eigenvalue weighted by Crippen LogP contribution is -2.11. The molecular weight excluding hydrogens is 390 g/mol. The van der Waals surface area contributed by atoms with Gasteiger partial charge in [0.05, 0.1) is 25.7 Å². The summed E-state index contributed by atoms with van der Waals surface area (Å²) in [5.74, 6) is 1.80. The number of hydrogen-bond acceptors (Lipinski definition) is 8. The van der Waals surface area contributed by atoms with Gasteiger partial charge in [-0.05, 0) is 50.5 Å². The van der Waals surface area contributed by atoms with E-state index in [1.165, 1.54) is 17.7 Å². The predicted molar refractivity (Wildman–Crippen MR) is 114 cm³/mol. The predicted octanol–water partition coefficient (Wildman–Crippen LogP) is 4.24. The molecule has 0 aliphatic heterocycles. The Morgan fingerprint density at radius 3 is 2.62 bits per heavy atom. The van der Waals surface area contributed by atoms with E-state index in [2.05, 4.69) is 15.3 Å². The molecule has 3 rings (SSSR count). The number of hydrogen-bond donors (Lipinski definition) is 1. The molecule has 2 heterocycles. The van der Waals surface area contributed by atoms with Gasteiger partial charge in [-0.2, -0.15) is 0 Å². The number of carbonyl (C=O) groups excluding carboxylic acids is 1. The maximum Gasteiger partial charge on any atom is 0.348 e.